The van der Waals surface area contributed by atoms with Gasteiger partial charge in [0.2, 0.25) is 0 Å². The number of unbranched alkanes of at least 4 members (excludes halogenated alkanes) is 1. The fraction of sp³-hybridized carbons (Fsp3) is 0.625. The van der Waals surface area contributed by atoms with Crippen LogP contribution in [0.1, 0.15) is 44.5 Å². The van der Waals surface area contributed by atoms with E-state index < -0.39 is 11.4 Å². The molecule has 4 nitrogen and oxygen atoms in total. The van der Waals surface area contributed by atoms with Gasteiger partial charge < -0.3 is 10.0 Å². The molecule has 1 rings (SSSR count). The fourth-order valence-corrected chi connectivity index (χ4v) is 2.10. The van der Waals surface area contributed by atoms with Crippen LogP contribution in [0.3, 0.4) is 0 Å². The third-order valence-electron chi connectivity index (χ3n) is 3.55. The van der Waals surface area contributed by atoms with Crippen molar-refractivity contribution < 1.29 is 9.90 Å². The number of carbonyl (C=O) groups is 1. The molecule has 1 N–H and O–H groups in total. The summed E-state index contributed by atoms with van der Waals surface area (Å²) in [5.41, 5.74) is 1.51. The molecule has 1 aromatic rings. The van der Waals surface area contributed by atoms with Gasteiger partial charge in [0.1, 0.15) is 0 Å². The van der Waals surface area contributed by atoms with Crippen molar-refractivity contribution in [3.05, 3.63) is 29.6 Å². The van der Waals surface area contributed by atoms with E-state index >= 15 is 0 Å². The van der Waals surface area contributed by atoms with Gasteiger partial charge in [-0.2, -0.15) is 0 Å². The molecule has 20 heavy (non-hydrogen) atoms. The van der Waals surface area contributed by atoms with Crippen LogP contribution in [-0.4, -0.2) is 34.6 Å². The summed E-state index contributed by atoms with van der Waals surface area (Å²) in [5.74, 6) is -0.713. The van der Waals surface area contributed by atoms with Crippen molar-refractivity contribution in [1.29, 1.82) is 0 Å². The largest absolute Gasteiger partial charge is 0.481 e. The van der Waals surface area contributed by atoms with Crippen LogP contribution in [0.2, 0.25) is 0 Å². The number of carboxylic acid groups (broad SMARTS) is 1. The molecule has 0 aromatic carbocycles. The van der Waals surface area contributed by atoms with Gasteiger partial charge in [-0.05, 0) is 59.3 Å². The number of aryl methyl sites for hydroxylation is 1. The lowest BCUT2D eigenvalue weighted by atomic mass is 9.87. The van der Waals surface area contributed by atoms with Crippen LogP contribution in [0.15, 0.2) is 18.2 Å². The SMILES string of the molecule is Cc1cccc(CN(C)CCCCC(C)(C)C(=O)O)n1. The molecule has 112 valence electrons. The highest BCUT2D eigenvalue weighted by Gasteiger charge is 2.25. The minimum Gasteiger partial charge on any atom is -0.481 e. The van der Waals surface area contributed by atoms with Gasteiger partial charge in [-0.1, -0.05) is 12.5 Å². The van der Waals surface area contributed by atoms with E-state index in [1.54, 1.807) is 13.8 Å². The molecule has 0 bridgehead atoms. The van der Waals surface area contributed by atoms with E-state index in [1.807, 2.05) is 25.1 Å². The number of aromatic nitrogens is 1. The van der Waals surface area contributed by atoms with Crippen LogP contribution in [0, 0.1) is 12.3 Å². The molecule has 0 unspecified atom stereocenters. The van der Waals surface area contributed by atoms with E-state index in [1.165, 1.54) is 0 Å². The van der Waals surface area contributed by atoms with Gasteiger partial charge in [0.15, 0.2) is 0 Å². The summed E-state index contributed by atoms with van der Waals surface area (Å²) >= 11 is 0. The first-order valence-corrected chi connectivity index (χ1v) is 7.16. The number of aliphatic carboxylic acids is 1. The van der Waals surface area contributed by atoms with Crippen LogP contribution < -0.4 is 0 Å². The first-order chi connectivity index (χ1) is 9.31. The van der Waals surface area contributed by atoms with Crippen molar-refractivity contribution in [2.75, 3.05) is 13.6 Å². The number of pyridine rings is 1. The first-order valence-electron chi connectivity index (χ1n) is 7.16. The van der Waals surface area contributed by atoms with Gasteiger partial charge in [-0.15, -0.1) is 0 Å². The second-order valence-corrected chi connectivity index (χ2v) is 6.15. The molecular weight excluding hydrogens is 252 g/mol. The third-order valence-corrected chi connectivity index (χ3v) is 3.55. The van der Waals surface area contributed by atoms with Crippen LogP contribution in [0.4, 0.5) is 0 Å². The van der Waals surface area contributed by atoms with Crippen molar-refractivity contribution in [3.8, 4) is 0 Å². The smallest absolute Gasteiger partial charge is 0.309 e. The van der Waals surface area contributed by atoms with E-state index in [9.17, 15) is 4.79 Å². The maximum absolute atomic E-state index is 11.0. The number of carboxylic acids is 1. The Morgan fingerprint density at radius 1 is 1.35 bits per heavy atom. The zero-order chi connectivity index (χ0) is 15.2. The molecule has 0 aliphatic rings. The minimum atomic E-state index is -0.713. The first kappa shape index (κ1) is 16.6. The van der Waals surface area contributed by atoms with E-state index in [4.69, 9.17) is 5.11 Å². The molecule has 0 radical (unpaired) electrons. The minimum absolute atomic E-state index is 0.614. The lowest BCUT2D eigenvalue weighted by Gasteiger charge is -2.20. The van der Waals surface area contributed by atoms with Crippen molar-refractivity contribution in [2.45, 2.75) is 46.6 Å². The van der Waals surface area contributed by atoms with Crippen LogP contribution in [0.5, 0.6) is 0 Å². The molecule has 1 aromatic heterocycles. The third kappa shape index (κ3) is 5.70. The van der Waals surface area contributed by atoms with Crippen LogP contribution in [0.25, 0.3) is 0 Å². The number of rotatable bonds is 8. The highest BCUT2D eigenvalue weighted by atomic mass is 16.4. The number of hydrogen-bond donors (Lipinski definition) is 1. The van der Waals surface area contributed by atoms with Crippen molar-refractivity contribution >= 4 is 5.97 Å². The zero-order valence-corrected chi connectivity index (χ0v) is 13.0. The highest BCUT2D eigenvalue weighted by molar-refractivity contribution is 5.73. The summed E-state index contributed by atoms with van der Waals surface area (Å²) in [6.07, 6.45) is 2.67. The Kier molecular flexibility index (Phi) is 6.14. The Morgan fingerprint density at radius 2 is 2.05 bits per heavy atom. The maximum atomic E-state index is 11.0. The summed E-state index contributed by atoms with van der Waals surface area (Å²) in [5, 5.41) is 9.05. The molecule has 0 atom stereocenters. The standard InChI is InChI=1S/C16H26N2O2/c1-13-8-7-9-14(17-13)12-18(4)11-6-5-10-16(2,3)15(19)20/h7-9H,5-6,10-12H2,1-4H3,(H,19,20). The summed E-state index contributed by atoms with van der Waals surface area (Å²) in [6.45, 7) is 7.37. The molecule has 0 aliphatic heterocycles. The average molecular weight is 278 g/mol. The average Bonchev–Trinajstić information content (AvgIpc) is 2.34. The Bertz CT molecular complexity index is 444. The highest BCUT2D eigenvalue weighted by Crippen LogP contribution is 2.23. The molecule has 0 fully saturated rings. The van der Waals surface area contributed by atoms with Gasteiger partial charge in [0.25, 0.3) is 0 Å². The molecule has 0 spiro atoms. The zero-order valence-electron chi connectivity index (χ0n) is 13.0. The Morgan fingerprint density at radius 3 is 2.65 bits per heavy atom. The lowest BCUT2D eigenvalue weighted by molar-refractivity contribution is -0.147. The Labute approximate surface area is 121 Å². The molecule has 0 amide bonds. The molecular formula is C16H26N2O2. The predicted octanol–water partition coefficient (Wildman–Crippen LogP) is 3.10. The van der Waals surface area contributed by atoms with Crippen molar-refractivity contribution in [3.63, 3.8) is 0 Å². The van der Waals surface area contributed by atoms with E-state index in [-0.39, 0.29) is 0 Å². The fourth-order valence-electron chi connectivity index (χ4n) is 2.10. The van der Waals surface area contributed by atoms with E-state index in [2.05, 4.69) is 16.9 Å². The Hall–Kier alpha value is -1.42. The van der Waals surface area contributed by atoms with E-state index in [0.717, 1.165) is 43.7 Å². The molecule has 0 saturated heterocycles. The summed E-state index contributed by atoms with van der Waals surface area (Å²) in [7, 11) is 2.08. The van der Waals surface area contributed by atoms with Crippen LogP contribution in [-0.2, 0) is 11.3 Å². The second-order valence-electron chi connectivity index (χ2n) is 6.15. The van der Waals surface area contributed by atoms with Gasteiger partial charge in [0, 0.05) is 12.2 Å². The quantitative estimate of drug-likeness (QED) is 0.742. The number of nitrogens with zero attached hydrogens (tertiary/aromatic N) is 2. The van der Waals surface area contributed by atoms with E-state index in [0.29, 0.717) is 0 Å². The Balaban J connectivity index is 2.27. The van der Waals surface area contributed by atoms with Crippen LogP contribution >= 0.6 is 0 Å². The summed E-state index contributed by atoms with van der Waals surface area (Å²) < 4.78 is 0. The van der Waals surface area contributed by atoms with Gasteiger partial charge in [0.05, 0.1) is 11.1 Å². The van der Waals surface area contributed by atoms with Crippen molar-refractivity contribution in [2.24, 2.45) is 5.41 Å². The molecule has 0 saturated carbocycles. The van der Waals surface area contributed by atoms with Gasteiger partial charge >= 0.3 is 5.97 Å². The lowest BCUT2D eigenvalue weighted by Crippen LogP contribution is -2.24. The summed E-state index contributed by atoms with van der Waals surface area (Å²) in [4.78, 5) is 17.7. The topological polar surface area (TPSA) is 53.4 Å². The molecule has 1 heterocycles. The molecule has 4 heteroatoms. The monoisotopic (exact) mass is 278 g/mol. The van der Waals surface area contributed by atoms with Gasteiger partial charge in [-0.25, -0.2) is 0 Å². The second kappa shape index (κ2) is 7.39. The number of hydrogen-bond acceptors (Lipinski definition) is 3. The maximum Gasteiger partial charge on any atom is 0.309 e. The van der Waals surface area contributed by atoms with Crippen molar-refractivity contribution in [1.82, 2.24) is 9.88 Å². The normalized spacial score (nSPS) is 11.8. The molecule has 0 aliphatic carbocycles. The van der Waals surface area contributed by atoms with Gasteiger partial charge in [-0.3, -0.25) is 9.78 Å². The predicted molar refractivity (Wildman–Crippen MR) is 80.6 cm³/mol. The summed E-state index contributed by atoms with van der Waals surface area (Å²) in [6, 6.07) is 6.06.